The maximum atomic E-state index is 11.8. The Kier molecular flexibility index (Phi) is 3.71. The predicted octanol–water partition coefficient (Wildman–Crippen LogP) is 1.82. The molecule has 5 heteroatoms. The molecule has 2 unspecified atom stereocenters. The first kappa shape index (κ1) is 13.1. The highest BCUT2D eigenvalue weighted by Gasteiger charge is 2.35. The Morgan fingerprint density at radius 2 is 1.89 bits per heavy atom. The van der Waals surface area contributed by atoms with Gasteiger partial charge in [0.25, 0.3) is 0 Å². The molecule has 1 fully saturated rings. The van der Waals surface area contributed by atoms with Gasteiger partial charge >= 0.3 is 5.97 Å². The van der Waals surface area contributed by atoms with Gasteiger partial charge in [-0.3, -0.25) is 4.79 Å². The molecule has 0 spiro atoms. The van der Waals surface area contributed by atoms with Crippen LogP contribution in [-0.4, -0.2) is 30.5 Å². The van der Waals surface area contributed by atoms with E-state index in [1.165, 1.54) is 0 Å². The SMILES string of the molecule is O=C(O)CS(=O)(=O)C1CCC(c2ccccc2)C1. The molecule has 0 radical (unpaired) electrons. The zero-order valence-corrected chi connectivity index (χ0v) is 10.8. The molecule has 0 amide bonds. The van der Waals surface area contributed by atoms with Crippen LogP contribution in [0.3, 0.4) is 0 Å². The van der Waals surface area contributed by atoms with Crippen molar-refractivity contribution in [3.63, 3.8) is 0 Å². The number of carbonyl (C=O) groups is 1. The van der Waals surface area contributed by atoms with E-state index < -0.39 is 26.8 Å². The van der Waals surface area contributed by atoms with Crippen LogP contribution in [0.25, 0.3) is 0 Å². The summed E-state index contributed by atoms with van der Waals surface area (Å²) in [5.41, 5.74) is 1.14. The Bertz CT molecular complexity index is 521. The van der Waals surface area contributed by atoms with Crippen molar-refractivity contribution in [2.24, 2.45) is 0 Å². The highest BCUT2D eigenvalue weighted by atomic mass is 32.2. The molecular weight excluding hydrogens is 252 g/mol. The lowest BCUT2D eigenvalue weighted by atomic mass is 9.98. The zero-order chi connectivity index (χ0) is 13.2. The van der Waals surface area contributed by atoms with Crippen LogP contribution in [0.2, 0.25) is 0 Å². The molecule has 1 aliphatic rings. The van der Waals surface area contributed by atoms with Crippen molar-refractivity contribution in [3.8, 4) is 0 Å². The average molecular weight is 268 g/mol. The van der Waals surface area contributed by atoms with Crippen LogP contribution < -0.4 is 0 Å². The Morgan fingerprint density at radius 3 is 2.50 bits per heavy atom. The molecule has 1 N–H and O–H groups in total. The topological polar surface area (TPSA) is 71.4 Å². The molecule has 2 rings (SSSR count). The first-order chi connectivity index (χ1) is 8.49. The van der Waals surface area contributed by atoms with Crippen LogP contribution in [-0.2, 0) is 14.6 Å². The molecule has 0 aromatic heterocycles. The molecular formula is C13H16O4S. The van der Waals surface area contributed by atoms with Gasteiger partial charge in [-0.15, -0.1) is 0 Å². The van der Waals surface area contributed by atoms with E-state index in [1.54, 1.807) is 0 Å². The Hall–Kier alpha value is -1.36. The third-order valence-electron chi connectivity index (χ3n) is 3.49. The van der Waals surface area contributed by atoms with Crippen molar-refractivity contribution in [1.29, 1.82) is 0 Å². The smallest absolute Gasteiger partial charge is 0.318 e. The number of rotatable bonds is 4. The van der Waals surface area contributed by atoms with Gasteiger partial charge in [-0.1, -0.05) is 30.3 Å². The number of benzene rings is 1. The van der Waals surface area contributed by atoms with E-state index >= 15 is 0 Å². The van der Waals surface area contributed by atoms with Crippen molar-refractivity contribution in [2.75, 3.05) is 5.75 Å². The fraction of sp³-hybridized carbons (Fsp3) is 0.462. The van der Waals surface area contributed by atoms with Crippen molar-refractivity contribution in [1.82, 2.24) is 0 Å². The molecule has 2 atom stereocenters. The minimum absolute atomic E-state index is 0.236. The fourth-order valence-electron chi connectivity index (χ4n) is 2.58. The Labute approximate surface area is 107 Å². The number of aliphatic carboxylic acids is 1. The summed E-state index contributed by atoms with van der Waals surface area (Å²) in [6, 6.07) is 9.80. The molecule has 1 aromatic carbocycles. The molecule has 1 saturated carbocycles. The summed E-state index contributed by atoms with van der Waals surface area (Å²) in [5, 5.41) is 8.11. The number of carboxylic acid groups (broad SMARTS) is 1. The quantitative estimate of drug-likeness (QED) is 0.904. The molecule has 0 aliphatic heterocycles. The van der Waals surface area contributed by atoms with E-state index in [0.717, 1.165) is 12.0 Å². The fourth-order valence-corrected chi connectivity index (χ4v) is 4.18. The first-order valence-electron chi connectivity index (χ1n) is 5.97. The lowest BCUT2D eigenvalue weighted by Crippen LogP contribution is -2.25. The summed E-state index contributed by atoms with van der Waals surface area (Å²) >= 11 is 0. The number of hydrogen-bond acceptors (Lipinski definition) is 3. The molecule has 0 bridgehead atoms. The second kappa shape index (κ2) is 5.10. The summed E-state index contributed by atoms with van der Waals surface area (Å²) in [4.78, 5) is 10.5. The van der Waals surface area contributed by atoms with Crippen LogP contribution in [0.4, 0.5) is 0 Å². The second-order valence-electron chi connectivity index (χ2n) is 4.74. The molecule has 98 valence electrons. The maximum absolute atomic E-state index is 11.8. The average Bonchev–Trinajstić information content (AvgIpc) is 2.78. The van der Waals surface area contributed by atoms with Gasteiger partial charge in [0.1, 0.15) is 5.75 Å². The Morgan fingerprint density at radius 1 is 1.22 bits per heavy atom. The summed E-state index contributed by atoms with van der Waals surface area (Å²) in [6.07, 6.45) is 1.92. The van der Waals surface area contributed by atoms with E-state index in [0.29, 0.717) is 12.8 Å². The number of hydrogen-bond donors (Lipinski definition) is 1. The molecule has 1 aromatic rings. The third kappa shape index (κ3) is 2.90. The van der Waals surface area contributed by atoms with E-state index in [2.05, 4.69) is 0 Å². The predicted molar refractivity (Wildman–Crippen MR) is 68.2 cm³/mol. The van der Waals surface area contributed by atoms with Gasteiger partial charge < -0.3 is 5.11 Å². The van der Waals surface area contributed by atoms with Crippen molar-refractivity contribution < 1.29 is 18.3 Å². The zero-order valence-electron chi connectivity index (χ0n) is 9.95. The van der Waals surface area contributed by atoms with Crippen LogP contribution in [0.15, 0.2) is 30.3 Å². The van der Waals surface area contributed by atoms with Crippen LogP contribution in [0.5, 0.6) is 0 Å². The first-order valence-corrected chi connectivity index (χ1v) is 7.69. The van der Waals surface area contributed by atoms with Crippen LogP contribution in [0, 0.1) is 0 Å². The van der Waals surface area contributed by atoms with Gasteiger partial charge in [0.2, 0.25) is 0 Å². The van der Waals surface area contributed by atoms with Crippen LogP contribution in [0.1, 0.15) is 30.7 Å². The van der Waals surface area contributed by atoms with Gasteiger partial charge in [-0.05, 0) is 30.7 Å². The lowest BCUT2D eigenvalue weighted by molar-refractivity contribution is -0.134. The largest absolute Gasteiger partial charge is 0.480 e. The monoisotopic (exact) mass is 268 g/mol. The standard InChI is InChI=1S/C13H16O4S/c14-13(15)9-18(16,17)12-7-6-11(8-12)10-4-2-1-3-5-10/h1-5,11-12H,6-9H2,(H,14,15). The van der Waals surface area contributed by atoms with Gasteiger partial charge in [0, 0.05) is 0 Å². The minimum atomic E-state index is -3.50. The van der Waals surface area contributed by atoms with E-state index in [4.69, 9.17) is 5.11 Å². The van der Waals surface area contributed by atoms with Gasteiger partial charge in [-0.25, -0.2) is 8.42 Å². The van der Waals surface area contributed by atoms with Crippen LogP contribution >= 0.6 is 0 Å². The van der Waals surface area contributed by atoms with Crippen molar-refractivity contribution in [2.45, 2.75) is 30.4 Å². The summed E-state index contributed by atoms with van der Waals surface area (Å²) in [6.45, 7) is 0. The molecule has 0 saturated heterocycles. The van der Waals surface area contributed by atoms with Crippen molar-refractivity contribution in [3.05, 3.63) is 35.9 Å². The summed E-state index contributed by atoms with van der Waals surface area (Å²) < 4.78 is 23.7. The summed E-state index contributed by atoms with van der Waals surface area (Å²) in [5.74, 6) is -1.78. The van der Waals surface area contributed by atoms with Gasteiger partial charge in [0.05, 0.1) is 5.25 Å². The second-order valence-corrected chi connectivity index (χ2v) is 7.02. The molecule has 4 nitrogen and oxygen atoms in total. The number of carboxylic acids is 1. The third-order valence-corrected chi connectivity index (χ3v) is 5.58. The van der Waals surface area contributed by atoms with Crippen molar-refractivity contribution >= 4 is 15.8 Å². The maximum Gasteiger partial charge on any atom is 0.318 e. The molecule has 18 heavy (non-hydrogen) atoms. The highest BCUT2D eigenvalue weighted by Crippen LogP contribution is 2.37. The minimum Gasteiger partial charge on any atom is -0.480 e. The summed E-state index contributed by atoms with van der Waals surface area (Å²) in [7, 11) is -3.50. The van der Waals surface area contributed by atoms with Gasteiger partial charge in [-0.2, -0.15) is 0 Å². The highest BCUT2D eigenvalue weighted by molar-refractivity contribution is 7.92. The Balaban J connectivity index is 2.07. The molecule has 1 aliphatic carbocycles. The normalized spacial score (nSPS) is 24.0. The lowest BCUT2D eigenvalue weighted by Gasteiger charge is -2.11. The molecule has 0 heterocycles. The van der Waals surface area contributed by atoms with E-state index in [1.807, 2.05) is 30.3 Å². The van der Waals surface area contributed by atoms with E-state index in [-0.39, 0.29) is 5.92 Å². The number of sulfone groups is 1. The van der Waals surface area contributed by atoms with Gasteiger partial charge in [0.15, 0.2) is 9.84 Å². The van der Waals surface area contributed by atoms with E-state index in [9.17, 15) is 13.2 Å².